The quantitative estimate of drug-likeness (QED) is 0.637. The molecule has 0 aliphatic rings. The van der Waals surface area contributed by atoms with Crippen molar-refractivity contribution in [3.8, 4) is 0 Å². The van der Waals surface area contributed by atoms with Crippen LogP contribution >= 0.6 is 11.3 Å². The maximum atomic E-state index is 12.0. The predicted molar refractivity (Wildman–Crippen MR) is 71.0 cm³/mol. The first-order chi connectivity index (χ1) is 9.11. The molecule has 0 bridgehead atoms. The van der Waals surface area contributed by atoms with E-state index in [1.807, 2.05) is 23.1 Å². The Balaban J connectivity index is 2.38. The molecule has 0 N–H and O–H groups in total. The van der Waals surface area contributed by atoms with Crippen molar-refractivity contribution in [1.29, 1.82) is 0 Å². The van der Waals surface area contributed by atoms with E-state index in [1.165, 1.54) is 35.6 Å². The number of thiazole rings is 1. The number of non-ortho nitro benzene ring substituents is 1. The van der Waals surface area contributed by atoms with E-state index in [0.717, 1.165) is 0 Å². The highest BCUT2D eigenvalue weighted by Gasteiger charge is 2.10. The Kier molecular flexibility index (Phi) is 3.86. The summed E-state index contributed by atoms with van der Waals surface area (Å²) in [5, 5.41) is 12.5. The second-order valence-electron chi connectivity index (χ2n) is 3.70. The van der Waals surface area contributed by atoms with Gasteiger partial charge in [-0.15, -0.1) is 11.3 Å². The molecule has 7 heteroatoms. The smallest absolute Gasteiger partial charge is 0.279 e. The van der Waals surface area contributed by atoms with E-state index in [9.17, 15) is 14.9 Å². The highest BCUT2D eigenvalue weighted by molar-refractivity contribution is 7.07. The van der Waals surface area contributed by atoms with Crippen LogP contribution in [0, 0.1) is 10.1 Å². The zero-order valence-corrected chi connectivity index (χ0v) is 11.0. The third kappa shape index (κ3) is 2.94. The third-order valence-corrected chi connectivity index (χ3v) is 3.30. The standard InChI is InChI=1S/C12H11N3O3S/c1-2-14-6-7-19-12(14)13-11(16)9-4-3-5-10(8-9)15(17)18/h3-8H,2H2,1H3. The SMILES string of the molecule is CCn1ccsc1=NC(=O)c1cccc([N+](=O)[O-])c1. The fraction of sp³-hybridized carbons (Fsp3) is 0.167. The number of hydrogen-bond donors (Lipinski definition) is 0. The summed E-state index contributed by atoms with van der Waals surface area (Å²) >= 11 is 1.35. The summed E-state index contributed by atoms with van der Waals surface area (Å²) in [6.07, 6.45) is 1.84. The fourth-order valence-corrected chi connectivity index (χ4v) is 2.32. The van der Waals surface area contributed by atoms with Crippen LogP contribution in [0.2, 0.25) is 0 Å². The number of nitro groups is 1. The number of carbonyl (C=O) groups excluding carboxylic acids is 1. The monoisotopic (exact) mass is 277 g/mol. The van der Waals surface area contributed by atoms with Gasteiger partial charge in [0.15, 0.2) is 4.80 Å². The zero-order valence-electron chi connectivity index (χ0n) is 10.1. The van der Waals surface area contributed by atoms with Crippen LogP contribution in [0.25, 0.3) is 0 Å². The molecule has 0 spiro atoms. The third-order valence-electron chi connectivity index (χ3n) is 2.50. The Labute approximate surface area is 112 Å². The van der Waals surface area contributed by atoms with Crippen molar-refractivity contribution in [3.63, 3.8) is 0 Å². The summed E-state index contributed by atoms with van der Waals surface area (Å²) in [4.78, 5) is 26.6. The first-order valence-corrected chi connectivity index (χ1v) is 6.47. The largest absolute Gasteiger partial charge is 0.324 e. The molecular weight excluding hydrogens is 266 g/mol. The first-order valence-electron chi connectivity index (χ1n) is 5.59. The maximum absolute atomic E-state index is 12.0. The van der Waals surface area contributed by atoms with Gasteiger partial charge in [-0.05, 0) is 13.0 Å². The number of nitro benzene ring substituents is 1. The first kappa shape index (κ1) is 13.2. The molecule has 0 atom stereocenters. The minimum atomic E-state index is -0.534. The lowest BCUT2D eigenvalue weighted by Gasteiger charge is -1.97. The number of rotatable bonds is 3. The lowest BCUT2D eigenvalue weighted by molar-refractivity contribution is -0.384. The molecule has 0 aliphatic heterocycles. The minimum absolute atomic E-state index is 0.115. The van der Waals surface area contributed by atoms with Gasteiger partial charge in [0.05, 0.1) is 4.92 Å². The Hall–Kier alpha value is -2.28. The van der Waals surface area contributed by atoms with Crippen molar-refractivity contribution < 1.29 is 9.72 Å². The van der Waals surface area contributed by atoms with E-state index in [2.05, 4.69) is 4.99 Å². The van der Waals surface area contributed by atoms with Gasteiger partial charge in [0.25, 0.3) is 11.6 Å². The topological polar surface area (TPSA) is 77.5 Å². The number of nitrogens with zero attached hydrogens (tertiary/aromatic N) is 3. The Morgan fingerprint density at radius 2 is 2.32 bits per heavy atom. The van der Waals surface area contributed by atoms with Crippen LogP contribution in [0.15, 0.2) is 40.8 Å². The Bertz CT molecular complexity index is 687. The van der Waals surface area contributed by atoms with Crippen LogP contribution in [0.1, 0.15) is 17.3 Å². The minimum Gasteiger partial charge on any atom is -0.324 e. The van der Waals surface area contributed by atoms with Crippen LogP contribution in [0.3, 0.4) is 0 Å². The van der Waals surface area contributed by atoms with E-state index >= 15 is 0 Å². The Morgan fingerprint density at radius 1 is 1.53 bits per heavy atom. The number of carbonyl (C=O) groups is 1. The van der Waals surface area contributed by atoms with Gasteiger partial charge in [0.2, 0.25) is 0 Å². The van der Waals surface area contributed by atoms with Crippen molar-refractivity contribution >= 4 is 22.9 Å². The number of aryl methyl sites for hydroxylation is 1. The van der Waals surface area contributed by atoms with Gasteiger partial charge in [-0.1, -0.05) is 6.07 Å². The van der Waals surface area contributed by atoms with E-state index in [1.54, 1.807) is 0 Å². The van der Waals surface area contributed by atoms with Gasteiger partial charge >= 0.3 is 0 Å². The van der Waals surface area contributed by atoms with Gasteiger partial charge in [-0.25, -0.2) is 0 Å². The lowest BCUT2D eigenvalue weighted by Crippen LogP contribution is -2.15. The molecule has 1 heterocycles. The zero-order chi connectivity index (χ0) is 13.8. The van der Waals surface area contributed by atoms with Crippen molar-refractivity contribution in [2.24, 2.45) is 4.99 Å². The van der Waals surface area contributed by atoms with Gasteiger partial charge in [-0.2, -0.15) is 4.99 Å². The van der Waals surface area contributed by atoms with Gasteiger partial charge < -0.3 is 4.57 Å². The average Bonchev–Trinajstić information content (AvgIpc) is 2.86. The molecule has 0 saturated heterocycles. The van der Waals surface area contributed by atoms with Crippen LogP contribution in [-0.4, -0.2) is 15.4 Å². The summed E-state index contributed by atoms with van der Waals surface area (Å²) in [7, 11) is 0. The van der Waals surface area contributed by atoms with Gasteiger partial charge in [0.1, 0.15) is 0 Å². The second-order valence-corrected chi connectivity index (χ2v) is 4.57. The maximum Gasteiger partial charge on any atom is 0.279 e. The molecule has 1 amide bonds. The van der Waals surface area contributed by atoms with Crippen molar-refractivity contribution in [2.45, 2.75) is 13.5 Å². The molecule has 19 heavy (non-hydrogen) atoms. The predicted octanol–water partition coefficient (Wildman–Crippen LogP) is 2.22. The normalized spacial score (nSPS) is 11.5. The number of hydrogen-bond acceptors (Lipinski definition) is 4. The van der Waals surface area contributed by atoms with E-state index in [0.29, 0.717) is 11.3 Å². The average molecular weight is 277 g/mol. The highest BCUT2D eigenvalue weighted by atomic mass is 32.1. The summed E-state index contributed by atoms with van der Waals surface area (Å²) in [5.74, 6) is -0.478. The Morgan fingerprint density at radius 3 is 3.00 bits per heavy atom. The summed E-state index contributed by atoms with van der Waals surface area (Å²) in [6.45, 7) is 2.66. The molecule has 0 unspecified atom stereocenters. The van der Waals surface area contributed by atoms with Gasteiger partial charge in [-0.3, -0.25) is 14.9 Å². The van der Waals surface area contributed by atoms with Crippen molar-refractivity contribution in [3.05, 3.63) is 56.3 Å². The molecule has 0 fully saturated rings. The molecule has 2 rings (SSSR count). The fourth-order valence-electron chi connectivity index (χ4n) is 1.53. The number of benzene rings is 1. The summed E-state index contributed by atoms with van der Waals surface area (Å²) in [5.41, 5.74) is 0.0980. The van der Waals surface area contributed by atoms with E-state index in [-0.39, 0.29) is 11.3 Å². The summed E-state index contributed by atoms with van der Waals surface area (Å²) < 4.78 is 1.83. The molecular formula is C12H11N3O3S. The lowest BCUT2D eigenvalue weighted by atomic mass is 10.2. The summed E-state index contributed by atoms with van der Waals surface area (Å²) in [6, 6.07) is 5.57. The number of aromatic nitrogens is 1. The van der Waals surface area contributed by atoms with Crippen molar-refractivity contribution in [2.75, 3.05) is 0 Å². The molecule has 0 aliphatic carbocycles. The van der Waals surface area contributed by atoms with Crippen LogP contribution in [-0.2, 0) is 6.54 Å². The second kappa shape index (κ2) is 5.57. The van der Waals surface area contributed by atoms with Crippen LogP contribution in [0.4, 0.5) is 5.69 Å². The molecule has 6 nitrogen and oxygen atoms in total. The molecule has 0 radical (unpaired) electrons. The molecule has 98 valence electrons. The van der Waals surface area contributed by atoms with E-state index < -0.39 is 10.8 Å². The van der Waals surface area contributed by atoms with Crippen molar-refractivity contribution in [1.82, 2.24) is 4.57 Å². The molecule has 2 aromatic rings. The number of amides is 1. The van der Waals surface area contributed by atoms with Crippen LogP contribution < -0.4 is 4.80 Å². The molecule has 0 saturated carbocycles. The van der Waals surface area contributed by atoms with Crippen LogP contribution in [0.5, 0.6) is 0 Å². The van der Waals surface area contributed by atoms with E-state index in [4.69, 9.17) is 0 Å². The highest BCUT2D eigenvalue weighted by Crippen LogP contribution is 2.13. The molecule has 1 aromatic heterocycles. The van der Waals surface area contributed by atoms with Gasteiger partial charge in [0, 0.05) is 35.8 Å². The molecule has 1 aromatic carbocycles.